The van der Waals surface area contributed by atoms with Crippen LogP contribution in [0.2, 0.25) is 0 Å². The van der Waals surface area contributed by atoms with Crippen molar-refractivity contribution in [1.29, 1.82) is 0 Å². The molecule has 4 heteroatoms. The summed E-state index contributed by atoms with van der Waals surface area (Å²) >= 11 is 0. The van der Waals surface area contributed by atoms with Gasteiger partial charge in [-0.1, -0.05) is 5.11 Å². The lowest BCUT2D eigenvalue weighted by molar-refractivity contribution is 0.110. The SMILES string of the molecule is [N-]=[N+]=NCC1CCC(O)CC1. The van der Waals surface area contributed by atoms with Crippen molar-refractivity contribution < 1.29 is 5.11 Å². The van der Waals surface area contributed by atoms with Gasteiger partial charge in [0, 0.05) is 11.5 Å². The van der Waals surface area contributed by atoms with Crippen LogP contribution in [-0.4, -0.2) is 17.8 Å². The highest BCUT2D eigenvalue weighted by Crippen LogP contribution is 2.24. The van der Waals surface area contributed by atoms with Crippen molar-refractivity contribution in [3.05, 3.63) is 10.4 Å². The van der Waals surface area contributed by atoms with E-state index < -0.39 is 0 Å². The van der Waals surface area contributed by atoms with Crippen LogP contribution in [-0.2, 0) is 0 Å². The quantitative estimate of drug-likeness (QED) is 0.369. The van der Waals surface area contributed by atoms with Gasteiger partial charge < -0.3 is 5.11 Å². The van der Waals surface area contributed by atoms with Crippen molar-refractivity contribution in [3.63, 3.8) is 0 Å². The van der Waals surface area contributed by atoms with Gasteiger partial charge in [0.25, 0.3) is 0 Å². The number of azide groups is 1. The molecule has 1 aliphatic carbocycles. The number of hydrogen-bond donors (Lipinski definition) is 1. The average molecular weight is 155 g/mol. The minimum Gasteiger partial charge on any atom is -0.393 e. The Morgan fingerprint density at radius 3 is 2.55 bits per heavy atom. The Hall–Kier alpha value is -0.730. The second kappa shape index (κ2) is 4.21. The molecule has 0 aromatic carbocycles. The summed E-state index contributed by atoms with van der Waals surface area (Å²) in [5.74, 6) is 0.509. The van der Waals surface area contributed by atoms with E-state index in [9.17, 15) is 0 Å². The summed E-state index contributed by atoms with van der Waals surface area (Å²) in [6.45, 7) is 0.600. The molecule has 1 aliphatic rings. The topological polar surface area (TPSA) is 69.0 Å². The first-order chi connectivity index (χ1) is 5.33. The predicted octanol–water partition coefficient (Wildman–Crippen LogP) is 1.85. The highest BCUT2D eigenvalue weighted by Gasteiger charge is 2.17. The van der Waals surface area contributed by atoms with Gasteiger partial charge in [-0.3, -0.25) is 0 Å². The monoisotopic (exact) mass is 155 g/mol. The molecule has 0 aromatic rings. The maximum atomic E-state index is 9.15. The molecular weight excluding hydrogens is 142 g/mol. The minimum atomic E-state index is -0.114. The summed E-state index contributed by atoms with van der Waals surface area (Å²) in [6, 6.07) is 0. The Kier molecular flexibility index (Phi) is 3.20. The Balaban J connectivity index is 2.22. The van der Waals surface area contributed by atoms with Crippen molar-refractivity contribution in [2.75, 3.05) is 6.54 Å². The lowest BCUT2D eigenvalue weighted by Crippen LogP contribution is -2.19. The van der Waals surface area contributed by atoms with E-state index in [0.717, 1.165) is 25.7 Å². The minimum absolute atomic E-state index is 0.114. The fourth-order valence-electron chi connectivity index (χ4n) is 1.48. The van der Waals surface area contributed by atoms with Crippen molar-refractivity contribution in [2.24, 2.45) is 11.0 Å². The van der Waals surface area contributed by atoms with E-state index in [-0.39, 0.29) is 6.10 Å². The number of hydrogen-bond acceptors (Lipinski definition) is 2. The predicted molar refractivity (Wildman–Crippen MR) is 42.0 cm³/mol. The first-order valence-electron chi connectivity index (χ1n) is 4.02. The molecular formula is C7H13N3O. The second-order valence-electron chi connectivity index (χ2n) is 3.09. The van der Waals surface area contributed by atoms with E-state index in [1.165, 1.54) is 0 Å². The maximum absolute atomic E-state index is 9.15. The van der Waals surface area contributed by atoms with Crippen LogP contribution >= 0.6 is 0 Å². The molecule has 0 unspecified atom stereocenters. The fraction of sp³-hybridized carbons (Fsp3) is 1.00. The van der Waals surface area contributed by atoms with Gasteiger partial charge in [0.05, 0.1) is 6.10 Å². The van der Waals surface area contributed by atoms with Gasteiger partial charge >= 0.3 is 0 Å². The van der Waals surface area contributed by atoms with Crippen LogP contribution < -0.4 is 0 Å². The van der Waals surface area contributed by atoms with E-state index in [4.69, 9.17) is 10.6 Å². The lowest BCUT2D eigenvalue weighted by atomic mass is 9.88. The van der Waals surface area contributed by atoms with Gasteiger partial charge in [-0.25, -0.2) is 0 Å². The largest absolute Gasteiger partial charge is 0.393 e. The average Bonchev–Trinajstić information content (AvgIpc) is 2.04. The molecule has 1 N–H and O–H groups in total. The van der Waals surface area contributed by atoms with Gasteiger partial charge in [-0.15, -0.1) is 0 Å². The van der Waals surface area contributed by atoms with Crippen LogP contribution in [0.1, 0.15) is 25.7 Å². The number of aliphatic hydroxyl groups is 1. The third-order valence-corrected chi connectivity index (χ3v) is 2.22. The smallest absolute Gasteiger partial charge is 0.0540 e. The molecule has 11 heavy (non-hydrogen) atoms. The van der Waals surface area contributed by atoms with E-state index in [1.54, 1.807) is 0 Å². The van der Waals surface area contributed by atoms with Gasteiger partial charge in [-0.2, -0.15) is 0 Å². The molecule has 4 nitrogen and oxygen atoms in total. The van der Waals surface area contributed by atoms with Crippen molar-refractivity contribution in [1.82, 2.24) is 0 Å². The van der Waals surface area contributed by atoms with E-state index in [2.05, 4.69) is 10.0 Å². The van der Waals surface area contributed by atoms with Gasteiger partial charge in [0.15, 0.2) is 0 Å². The summed E-state index contributed by atoms with van der Waals surface area (Å²) in [5, 5.41) is 12.7. The third kappa shape index (κ3) is 2.78. The molecule has 0 bridgehead atoms. The zero-order chi connectivity index (χ0) is 8.10. The summed E-state index contributed by atoms with van der Waals surface area (Å²) in [7, 11) is 0. The van der Waals surface area contributed by atoms with Crippen LogP contribution in [0.5, 0.6) is 0 Å². The van der Waals surface area contributed by atoms with Crippen LogP contribution in [0.4, 0.5) is 0 Å². The first-order valence-corrected chi connectivity index (χ1v) is 4.02. The van der Waals surface area contributed by atoms with E-state index >= 15 is 0 Å². The van der Waals surface area contributed by atoms with Crippen molar-refractivity contribution in [3.8, 4) is 0 Å². The van der Waals surface area contributed by atoms with Gasteiger partial charge in [0.1, 0.15) is 0 Å². The molecule has 0 heterocycles. The summed E-state index contributed by atoms with van der Waals surface area (Å²) in [6.07, 6.45) is 3.62. The molecule has 62 valence electrons. The van der Waals surface area contributed by atoms with Crippen LogP contribution in [0.25, 0.3) is 10.4 Å². The molecule has 1 rings (SSSR count). The van der Waals surface area contributed by atoms with E-state index in [1.807, 2.05) is 0 Å². The molecule has 0 amide bonds. The maximum Gasteiger partial charge on any atom is 0.0540 e. The molecule has 0 saturated heterocycles. The normalized spacial score (nSPS) is 31.0. The number of nitrogens with zero attached hydrogens (tertiary/aromatic N) is 3. The Labute approximate surface area is 65.9 Å². The molecule has 0 radical (unpaired) electrons. The first kappa shape index (κ1) is 8.37. The molecule has 1 fully saturated rings. The number of aliphatic hydroxyl groups excluding tert-OH is 1. The summed E-state index contributed by atoms with van der Waals surface area (Å²) in [5.41, 5.74) is 8.06. The highest BCUT2D eigenvalue weighted by atomic mass is 16.3. The lowest BCUT2D eigenvalue weighted by Gasteiger charge is -2.23. The molecule has 1 saturated carbocycles. The van der Waals surface area contributed by atoms with Crippen LogP contribution in [0.15, 0.2) is 5.11 Å². The van der Waals surface area contributed by atoms with E-state index in [0.29, 0.717) is 12.5 Å². The molecule has 0 aliphatic heterocycles. The Morgan fingerprint density at radius 2 is 2.00 bits per heavy atom. The summed E-state index contributed by atoms with van der Waals surface area (Å²) < 4.78 is 0. The molecule has 0 spiro atoms. The Morgan fingerprint density at radius 1 is 1.36 bits per heavy atom. The van der Waals surface area contributed by atoms with Gasteiger partial charge in [0.2, 0.25) is 0 Å². The zero-order valence-electron chi connectivity index (χ0n) is 6.48. The third-order valence-electron chi connectivity index (χ3n) is 2.22. The van der Waals surface area contributed by atoms with Crippen molar-refractivity contribution >= 4 is 0 Å². The van der Waals surface area contributed by atoms with Crippen molar-refractivity contribution in [2.45, 2.75) is 31.8 Å². The summed E-state index contributed by atoms with van der Waals surface area (Å²) in [4.78, 5) is 2.71. The van der Waals surface area contributed by atoms with Crippen LogP contribution in [0.3, 0.4) is 0 Å². The molecule has 0 aromatic heterocycles. The fourth-order valence-corrected chi connectivity index (χ4v) is 1.48. The standard InChI is InChI=1S/C7H13N3O/c8-10-9-5-6-1-3-7(11)4-2-6/h6-7,11H,1-5H2. The number of rotatable bonds is 2. The zero-order valence-corrected chi connectivity index (χ0v) is 6.48. The Bertz CT molecular complexity index is 157. The second-order valence-corrected chi connectivity index (χ2v) is 3.09. The van der Waals surface area contributed by atoms with Crippen LogP contribution in [0, 0.1) is 5.92 Å². The highest BCUT2D eigenvalue weighted by molar-refractivity contribution is 4.72. The van der Waals surface area contributed by atoms with Gasteiger partial charge in [-0.05, 0) is 37.1 Å². The molecule has 0 atom stereocenters.